The molecule has 2 aromatic heterocycles. The average molecular weight is 446 g/mol. The number of carbonyl (C=O) groups excluding carboxylic acids is 1. The Hall–Kier alpha value is -3.63. The number of benzene rings is 1. The van der Waals surface area contributed by atoms with Crippen molar-refractivity contribution in [3.05, 3.63) is 54.2 Å². The van der Waals surface area contributed by atoms with Gasteiger partial charge in [-0.1, -0.05) is 0 Å². The smallest absolute Gasteiger partial charge is 0.288 e. The lowest BCUT2D eigenvalue weighted by molar-refractivity contribution is 0.0121. The fraction of sp³-hybridized carbons (Fsp3) is 0.381. The van der Waals surface area contributed by atoms with Crippen LogP contribution in [0.4, 0.5) is 8.78 Å². The van der Waals surface area contributed by atoms with Crippen molar-refractivity contribution in [1.82, 2.24) is 29.9 Å². The van der Waals surface area contributed by atoms with Gasteiger partial charge in [0, 0.05) is 19.5 Å². The number of nitrogens with zero attached hydrogens (tertiary/aromatic N) is 6. The third kappa shape index (κ3) is 5.16. The Labute approximate surface area is 184 Å². The predicted octanol–water partition coefficient (Wildman–Crippen LogP) is 3.11. The van der Waals surface area contributed by atoms with Crippen LogP contribution >= 0.6 is 0 Å². The van der Waals surface area contributed by atoms with E-state index in [1.807, 2.05) is 13.8 Å². The molecule has 0 spiro atoms. The number of methoxy groups -OCH3 is 1. The maximum absolute atomic E-state index is 13.3. The Morgan fingerprint density at radius 2 is 1.94 bits per heavy atom. The second kappa shape index (κ2) is 9.67. The van der Waals surface area contributed by atoms with E-state index in [1.165, 1.54) is 24.3 Å². The molecular weight excluding hydrogens is 422 g/mol. The van der Waals surface area contributed by atoms with Crippen molar-refractivity contribution in [3.63, 3.8) is 0 Å². The minimum atomic E-state index is -3.08. The summed E-state index contributed by atoms with van der Waals surface area (Å²) >= 11 is 0. The Balaban J connectivity index is 1.76. The molecule has 9 nitrogen and oxygen atoms in total. The highest BCUT2D eigenvalue weighted by molar-refractivity contribution is 5.98. The molecule has 3 rings (SSSR count). The summed E-state index contributed by atoms with van der Waals surface area (Å²) in [4.78, 5) is 23.9. The molecule has 11 heteroatoms. The van der Waals surface area contributed by atoms with Crippen LogP contribution in [-0.4, -0.2) is 62.1 Å². The zero-order valence-electron chi connectivity index (χ0n) is 18.2. The van der Waals surface area contributed by atoms with Crippen molar-refractivity contribution in [1.29, 1.82) is 0 Å². The number of hydrogen-bond acceptors (Lipinski definition) is 7. The SMILES string of the molecule is CCN(C(=O)c1ccc(OC)cc1-n1nccn1)[C@@H](C)COc1cnc(C(C)(F)F)cn1. The summed E-state index contributed by atoms with van der Waals surface area (Å²) in [5.41, 5.74) is 0.431. The zero-order chi connectivity index (χ0) is 23.3. The van der Waals surface area contributed by atoms with Crippen molar-refractivity contribution in [3.8, 4) is 17.3 Å². The minimum absolute atomic E-state index is 0.0965. The van der Waals surface area contributed by atoms with Gasteiger partial charge in [-0.3, -0.25) is 4.79 Å². The van der Waals surface area contributed by atoms with Crippen LogP contribution in [0.3, 0.4) is 0 Å². The van der Waals surface area contributed by atoms with Crippen molar-refractivity contribution < 1.29 is 23.0 Å². The quantitative estimate of drug-likeness (QED) is 0.498. The number of rotatable bonds is 9. The number of carbonyl (C=O) groups is 1. The van der Waals surface area contributed by atoms with E-state index in [-0.39, 0.29) is 24.4 Å². The number of aromatic nitrogens is 5. The summed E-state index contributed by atoms with van der Waals surface area (Å²) < 4.78 is 37.4. The lowest BCUT2D eigenvalue weighted by Gasteiger charge is -2.28. The van der Waals surface area contributed by atoms with Crippen LogP contribution in [0.15, 0.2) is 43.0 Å². The first-order valence-corrected chi connectivity index (χ1v) is 9.93. The number of ether oxygens (including phenoxy) is 2. The second-order valence-corrected chi connectivity index (χ2v) is 7.08. The van der Waals surface area contributed by atoms with Gasteiger partial charge in [0.25, 0.3) is 11.8 Å². The molecule has 1 aromatic carbocycles. The van der Waals surface area contributed by atoms with Gasteiger partial charge in [0.15, 0.2) is 0 Å². The van der Waals surface area contributed by atoms with Gasteiger partial charge < -0.3 is 14.4 Å². The predicted molar refractivity (Wildman–Crippen MR) is 111 cm³/mol. The zero-order valence-corrected chi connectivity index (χ0v) is 18.2. The van der Waals surface area contributed by atoms with Gasteiger partial charge >= 0.3 is 0 Å². The van der Waals surface area contributed by atoms with Gasteiger partial charge in [-0.2, -0.15) is 23.8 Å². The van der Waals surface area contributed by atoms with Crippen LogP contribution in [0, 0.1) is 0 Å². The molecule has 1 amide bonds. The number of likely N-dealkylation sites (N-methyl/N-ethyl adjacent to an activating group) is 1. The molecule has 0 fully saturated rings. The van der Waals surface area contributed by atoms with Gasteiger partial charge in [0.05, 0.1) is 43.5 Å². The van der Waals surface area contributed by atoms with Crippen LogP contribution in [-0.2, 0) is 5.92 Å². The molecule has 0 aliphatic heterocycles. The lowest BCUT2D eigenvalue weighted by Crippen LogP contribution is -2.42. The molecule has 32 heavy (non-hydrogen) atoms. The summed E-state index contributed by atoms with van der Waals surface area (Å²) in [6.07, 6.45) is 5.15. The van der Waals surface area contributed by atoms with Gasteiger partial charge in [-0.05, 0) is 26.0 Å². The first-order chi connectivity index (χ1) is 15.2. The van der Waals surface area contributed by atoms with Crippen LogP contribution in [0.5, 0.6) is 11.6 Å². The first kappa shape index (κ1) is 23.0. The molecule has 1 atom stereocenters. The highest BCUT2D eigenvalue weighted by atomic mass is 19.3. The second-order valence-electron chi connectivity index (χ2n) is 7.08. The Kier molecular flexibility index (Phi) is 6.96. The molecule has 2 heterocycles. The summed E-state index contributed by atoms with van der Waals surface area (Å²) in [6, 6.07) is 4.69. The Morgan fingerprint density at radius 1 is 1.22 bits per heavy atom. The first-order valence-electron chi connectivity index (χ1n) is 9.93. The molecular formula is C21H24F2N6O3. The molecule has 3 aromatic rings. The fourth-order valence-electron chi connectivity index (χ4n) is 3.05. The molecule has 0 saturated heterocycles. The molecule has 0 aliphatic carbocycles. The summed E-state index contributed by atoms with van der Waals surface area (Å²) in [5.74, 6) is -2.66. The third-order valence-corrected chi connectivity index (χ3v) is 4.75. The van der Waals surface area contributed by atoms with E-state index in [0.29, 0.717) is 23.5 Å². The van der Waals surface area contributed by atoms with E-state index in [9.17, 15) is 13.6 Å². The summed E-state index contributed by atoms with van der Waals surface area (Å²) in [6.45, 7) is 4.92. The molecule has 0 saturated carbocycles. The van der Waals surface area contributed by atoms with Crippen molar-refractivity contribution in [2.75, 3.05) is 20.3 Å². The van der Waals surface area contributed by atoms with Gasteiger partial charge in [0.1, 0.15) is 23.7 Å². The van der Waals surface area contributed by atoms with Crippen LogP contribution < -0.4 is 9.47 Å². The van der Waals surface area contributed by atoms with Gasteiger partial charge in [-0.15, -0.1) is 0 Å². The van der Waals surface area contributed by atoms with E-state index < -0.39 is 11.6 Å². The van der Waals surface area contributed by atoms with Crippen LogP contribution in [0.1, 0.15) is 36.8 Å². The van der Waals surface area contributed by atoms with E-state index in [1.54, 1.807) is 23.1 Å². The highest BCUT2D eigenvalue weighted by Crippen LogP contribution is 2.25. The summed E-state index contributed by atoms with van der Waals surface area (Å²) in [5, 5.41) is 8.24. The number of halogens is 2. The van der Waals surface area contributed by atoms with E-state index in [0.717, 1.165) is 19.3 Å². The molecule has 0 bridgehead atoms. The highest BCUT2D eigenvalue weighted by Gasteiger charge is 2.27. The molecule has 170 valence electrons. The normalized spacial score (nSPS) is 12.3. The average Bonchev–Trinajstić information content (AvgIpc) is 3.32. The summed E-state index contributed by atoms with van der Waals surface area (Å²) in [7, 11) is 1.53. The van der Waals surface area contributed by atoms with Gasteiger partial charge in [-0.25, -0.2) is 9.97 Å². The van der Waals surface area contributed by atoms with Crippen molar-refractivity contribution in [2.24, 2.45) is 0 Å². The van der Waals surface area contributed by atoms with Crippen LogP contribution in [0.2, 0.25) is 0 Å². The monoisotopic (exact) mass is 446 g/mol. The standard InChI is InChI=1S/C21H24F2N6O3/c1-5-28(14(2)13-32-19-12-24-18(11-25-19)21(3,22)23)20(30)16-7-6-15(31-4)10-17(16)29-26-8-9-27-29/h6-12,14H,5,13H2,1-4H3/t14-/m0/s1. The van der Waals surface area contributed by atoms with Crippen molar-refractivity contribution in [2.45, 2.75) is 32.7 Å². The molecule has 0 aliphatic rings. The maximum atomic E-state index is 13.3. The number of hydrogen-bond donors (Lipinski definition) is 0. The molecule has 0 unspecified atom stereocenters. The van der Waals surface area contributed by atoms with E-state index in [4.69, 9.17) is 9.47 Å². The van der Waals surface area contributed by atoms with E-state index in [2.05, 4.69) is 20.2 Å². The van der Waals surface area contributed by atoms with E-state index >= 15 is 0 Å². The Morgan fingerprint density at radius 3 is 2.50 bits per heavy atom. The fourth-order valence-corrected chi connectivity index (χ4v) is 3.05. The third-order valence-electron chi connectivity index (χ3n) is 4.75. The Bertz CT molecular complexity index is 1040. The largest absolute Gasteiger partial charge is 0.497 e. The van der Waals surface area contributed by atoms with Crippen LogP contribution in [0.25, 0.3) is 5.69 Å². The number of amides is 1. The van der Waals surface area contributed by atoms with Gasteiger partial charge in [0.2, 0.25) is 5.88 Å². The lowest BCUT2D eigenvalue weighted by atomic mass is 10.1. The molecule has 0 N–H and O–H groups in total. The molecule has 0 radical (unpaired) electrons. The van der Waals surface area contributed by atoms with Crippen molar-refractivity contribution >= 4 is 5.91 Å². The maximum Gasteiger partial charge on any atom is 0.288 e. The minimum Gasteiger partial charge on any atom is -0.497 e. The topological polar surface area (TPSA) is 95.3 Å². The number of alkyl halides is 2.